The van der Waals surface area contributed by atoms with Crippen molar-refractivity contribution in [3.05, 3.63) is 28.8 Å². The number of carboxylic acid groups (broad SMARTS) is 1. The van der Waals surface area contributed by atoms with Crippen molar-refractivity contribution < 1.29 is 14.6 Å². The van der Waals surface area contributed by atoms with Gasteiger partial charge in [0.15, 0.2) is 0 Å². The summed E-state index contributed by atoms with van der Waals surface area (Å²) in [6, 6.07) is 5.84. The summed E-state index contributed by atoms with van der Waals surface area (Å²) in [4.78, 5) is 13.0. The third-order valence-corrected chi connectivity index (χ3v) is 3.81. The molecule has 0 radical (unpaired) electrons. The van der Waals surface area contributed by atoms with Crippen molar-refractivity contribution in [2.45, 2.75) is 31.8 Å². The number of likely N-dealkylation sites (tertiary alicyclic amines) is 1. The molecule has 0 saturated carbocycles. The lowest BCUT2D eigenvalue weighted by atomic mass is 10.1. The van der Waals surface area contributed by atoms with E-state index in [9.17, 15) is 4.79 Å². The van der Waals surface area contributed by atoms with Crippen LogP contribution in [0.15, 0.2) is 18.2 Å². The fourth-order valence-electron chi connectivity index (χ4n) is 2.58. The summed E-state index contributed by atoms with van der Waals surface area (Å²) in [6.07, 6.45) is 2.22. The number of hydrogen-bond donors (Lipinski definition) is 1. The molecule has 0 bridgehead atoms. The molecular formula is C14H18ClNO3. The fourth-order valence-corrected chi connectivity index (χ4v) is 2.86. The molecule has 1 unspecified atom stereocenters. The van der Waals surface area contributed by atoms with Crippen molar-refractivity contribution >= 4 is 17.6 Å². The lowest BCUT2D eigenvalue weighted by Crippen LogP contribution is -2.30. The van der Waals surface area contributed by atoms with E-state index in [-0.39, 0.29) is 12.5 Å². The van der Waals surface area contributed by atoms with E-state index in [0.29, 0.717) is 10.8 Å². The minimum atomic E-state index is -0.732. The van der Waals surface area contributed by atoms with Gasteiger partial charge in [0.25, 0.3) is 0 Å². The minimum absolute atomic E-state index is 0.137. The first-order valence-corrected chi connectivity index (χ1v) is 6.76. The Balaban J connectivity index is 2.03. The normalized spacial score (nSPS) is 19.6. The average Bonchev–Trinajstić information content (AvgIpc) is 2.76. The third-order valence-electron chi connectivity index (χ3n) is 3.51. The van der Waals surface area contributed by atoms with Gasteiger partial charge in [-0.05, 0) is 37.1 Å². The van der Waals surface area contributed by atoms with Gasteiger partial charge in [0.2, 0.25) is 0 Å². The number of rotatable bonds is 5. The number of ether oxygens (including phenoxy) is 1. The number of methoxy groups -OCH3 is 1. The molecule has 1 aromatic rings. The molecule has 1 aliphatic rings. The summed E-state index contributed by atoms with van der Waals surface area (Å²) in [5.41, 5.74) is 1.09. The quantitative estimate of drug-likeness (QED) is 0.903. The highest BCUT2D eigenvalue weighted by Crippen LogP contribution is 2.27. The SMILES string of the molecule is COc1ccc(CN2CCCC2CC(=O)O)cc1Cl. The lowest BCUT2D eigenvalue weighted by Gasteiger charge is -2.23. The van der Waals surface area contributed by atoms with Crippen LogP contribution in [0.2, 0.25) is 5.02 Å². The van der Waals surface area contributed by atoms with E-state index in [4.69, 9.17) is 21.4 Å². The molecule has 1 fully saturated rings. The van der Waals surface area contributed by atoms with E-state index in [2.05, 4.69) is 4.90 Å². The molecule has 104 valence electrons. The summed E-state index contributed by atoms with van der Waals surface area (Å²) in [5, 5.41) is 9.50. The van der Waals surface area contributed by atoms with E-state index in [1.165, 1.54) is 0 Å². The molecule has 1 aromatic carbocycles. The summed E-state index contributed by atoms with van der Waals surface area (Å²) in [5.74, 6) is -0.0708. The fraction of sp³-hybridized carbons (Fsp3) is 0.500. The molecule has 19 heavy (non-hydrogen) atoms. The predicted molar refractivity (Wildman–Crippen MR) is 73.7 cm³/mol. The highest BCUT2D eigenvalue weighted by Gasteiger charge is 2.26. The zero-order valence-electron chi connectivity index (χ0n) is 10.9. The van der Waals surface area contributed by atoms with Crippen LogP contribution in [0.4, 0.5) is 0 Å². The summed E-state index contributed by atoms with van der Waals surface area (Å²) in [7, 11) is 1.59. The second kappa shape index (κ2) is 6.26. The molecule has 0 amide bonds. The van der Waals surface area contributed by atoms with Gasteiger partial charge in [-0.3, -0.25) is 9.69 Å². The van der Waals surface area contributed by atoms with Crippen molar-refractivity contribution in [1.29, 1.82) is 0 Å². The zero-order chi connectivity index (χ0) is 13.8. The maximum absolute atomic E-state index is 10.8. The number of carbonyl (C=O) groups is 1. The van der Waals surface area contributed by atoms with Gasteiger partial charge in [-0.1, -0.05) is 17.7 Å². The molecule has 5 heteroatoms. The maximum atomic E-state index is 10.8. The molecule has 1 heterocycles. The Morgan fingerprint density at radius 3 is 3.00 bits per heavy atom. The van der Waals surface area contributed by atoms with Crippen molar-refractivity contribution in [1.82, 2.24) is 4.90 Å². The Bertz CT molecular complexity index is 464. The Hall–Kier alpha value is -1.26. The topological polar surface area (TPSA) is 49.8 Å². The third kappa shape index (κ3) is 3.61. The largest absolute Gasteiger partial charge is 0.495 e. The van der Waals surface area contributed by atoms with Gasteiger partial charge in [-0.25, -0.2) is 0 Å². The van der Waals surface area contributed by atoms with Gasteiger partial charge in [0.05, 0.1) is 18.6 Å². The van der Waals surface area contributed by atoms with Crippen LogP contribution in [0, 0.1) is 0 Å². The first-order chi connectivity index (χ1) is 9.10. The van der Waals surface area contributed by atoms with Gasteiger partial charge in [-0.15, -0.1) is 0 Å². The Kier molecular flexibility index (Phi) is 4.66. The van der Waals surface area contributed by atoms with Crippen molar-refractivity contribution in [2.24, 2.45) is 0 Å². The zero-order valence-corrected chi connectivity index (χ0v) is 11.7. The van der Waals surface area contributed by atoms with Gasteiger partial charge in [-0.2, -0.15) is 0 Å². The molecule has 1 aliphatic heterocycles. The maximum Gasteiger partial charge on any atom is 0.304 e. The highest BCUT2D eigenvalue weighted by molar-refractivity contribution is 6.32. The number of aliphatic carboxylic acids is 1. The molecule has 0 aliphatic carbocycles. The van der Waals surface area contributed by atoms with Crippen LogP contribution in [-0.4, -0.2) is 35.7 Å². The molecule has 2 rings (SSSR count). The van der Waals surface area contributed by atoms with E-state index in [1.807, 2.05) is 18.2 Å². The van der Waals surface area contributed by atoms with Crippen LogP contribution in [-0.2, 0) is 11.3 Å². The Labute approximate surface area is 117 Å². The monoisotopic (exact) mass is 283 g/mol. The summed E-state index contributed by atoms with van der Waals surface area (Å²) >= 11 is 6.10. The molecule has 1 atom stereocenters. The lowest BCUT2D eigenvalue weighted by molar-refractivity contribution is -0.138. The van der Waals surface area contributed by atoms with Crippen LogP contribution in [0.3, 0.4) is 0 Å². The van der Waals surface area contributed by atoms with Gasteiger partial charge in [0, 0.05) is 12.6 Å². The van der Waals surface area contributed by atoms with E-state index >= 15 is 0 Å². The van der Waals surface area contributed by atoms with Gasteiger partial charge >= 0.3 is 5.97 Å². The Morgan fingerprint density at radius 1 is 1.58 bits per heavy atom. The molecule has 1 saturated heterocycles. The highest BCUT2D eigenvalue weighted by atomic mass is 35.5. The van der Waals surface area contributed by atoms with Crippen molar-refractivity contribution in [3.63, 3.8) is 0 Å². The number of hydrogen-bond acceptors (Lipinski definition) is 3. The standard InChI is InChI=1S/C14H18ClNO3/c1-19-13-5-4-10(7-12(13)15)9-16-6-2-3-11(16)8-14(17)18/h4-5,7,11H,2-3,6,8-9H2,1H3,(H,17,18). The number of benzene rings is 1. The van der Waals surface area contributed by atoms with E-state index in [1.54, 1.807) is 7.11 Å². The van der Waals surface area contributed by atoms with Crippen LogP contribution < -0.4 is 4.74 Å². The van der Waals surface area contributed by atoms with Gasteiger partial charge < -0.3 is 9.84 Å². The molecular weight excluding hydrogens is 266 g/mol. The average molecular weight is 284 g/mol. The van der Waals surface area contributed by atoms with Crippen LogP contribution in [0.1, 0.15) is 24.8 Å². The van der Waals surface area contributed by atoms with E-state index < -0.39 is 5.97 Å². The number of halogens is 1. The second-order valence-corrected chi connectivity index (χ2v) is 5.24. The molecule has 4 nitrogen and oxygen atoms in total. The predicted octanol–water partition coefficient (Wildman–Crippen LogP) is 2.79. The van der Waals surface area contributed by atoms with Crippen molar-refractivity contribution in [2.75, 3.05) is 13.7 Å². The van der Waals surface area contributed by atoms with Crippen LogP contribution >= 0.6 is 11.6 Å². The number of nitrogens with zero attached hydrogens (tertiary/aromatic N) is 1. The van der Waals surface area contributed by atoms with Gasteiger partial charge in [0.1, 0.15) is 5.75 Å². The van der Waals surface area contributed by atoms with Crippen LogP contribution in [0.25, 0.3) is 0 Å². The minimum Gasteiger partial charge on any atom is -0.495 e. The first kappa shape index (κ1) is 14.2. The number of carboxylic acids is 1. The smallest absolute Gasteiger partial charge is 0.304 e. The second-order valence-electron chi connectivity index (χ2n) is 4.83. The summed E-state index contributed by atoms with van der Waals surface area (Å²) in [6.45, 7) is 1.68. The summed E-state index contributed by atoms with van der Waals surface area (Å²) < 4.78 is 5.12. The van der Waals surface area contributed by atoms with Crippen molar-refractivity contribution in [3.8, 4) is 5.75 Å². The van der Waals surface area contributed by atoms with Crippen LogP contribution in [0.5, 0.6) is 5.75 Å². The molecule has 0 aromatic heterocycles. The Morgan fingerprint density at radius 2 is 2.37 bits per heavy atom. The molecule has 1 N–H and O–H groups in total. The van der Waals surface area contributed by atoms with E-state index in [0.717, 1.165) is 31.5 Å². The first-order valence-electron chi connectivity index (χ1n) is 6.38. The molecule has 0 spiro atoms.